The summed E-state index contributed by atoms with van der Waals surface area (Å²) >= 11 is 5.82. The molecule has 2 rings (SSSR count). The molecule has 0 bridgehead atoms. The summed E-state index contributed by atoms with van der Waals surface area (Å²) in [7, 11) is 0. The fourth-order valence-corrected chi connectivity index (χ4v) is 1.79. The fourth-order valence-electron chi connectivity index (χ4n) is 1.67. The van der Waals surface area contributed by atoms with Crippen molar-refractivity contribution in [2.24, 2.45) is 0 Å². The molecule has 0 spiro atoms. The minimum atomic E-state index is -0.0997. The van der Waals surface area contributed by atoms with Crippen molar-refractivity contribution in [3.63, 3.8) is 0 Å². The van der Waals surface area contributed by atoms with Crippen molar-refractivity contribution < 1.29 is 5.11 Å². The molecule has 2 nitrogen and oxygen atoms in total. The quantitative estimate of drug-likeness (QED) is 0.867. The summed E-state index contributed by atoms with van der Waals surface area (Å²) in [6, 6.07) is 17.2. The molecule has 88 valence electrons. The first-order valence-corrected chi connectivity index (χ1v) is 5.85. The van der Waals surface area contributed by atoms with Crippen molar-refractivity contribution in [3.05, 3.63) is 65.2 Å². The lowest BCUT2D eigenvalue weighted by atomic mass is 10.1. The van der Waals surface area contributed by atoms with Gasteiger partial charge in [-0.1, -0.05) is 41.9 Å². The van der Waals surface area contributed by atoms with Gasteiger partial charge in [-0.05, 0) is 29.8 Å². The molecule has 3 heteroatoms. The zero-order chi connectivity index (χ0) is 12.1. The van der Waals surface area contributed by atoms with Gasteiger partial charge >= 0.3 is 0 Å². The summed E-state index contributed by atoms with van der Waals surface area (Å²) in [5.74, 6) is 0. The number of halogens is 1. The minimum absolute atomic E-state index is 0.0483. The lowest BCUT2D eigenvalue weighted by Gasteiger charge is -2.18. The molecule has 0 aromatic heterocycles. The number of hydrogen-bond donors (Lipinski definition) is 2. The monoisotopic (exact) mass is 247 g/mol. The molecule has 17 heavy (non-hydrogen) atoms. The Bertz CT molecular complexity index is 455. The summed E-state index contributed by atoms with van der Waals surface area (Å²) < 4.78 is 0. The van der Waals surface area contributed by atoms with Crippen molar-refractivity contribution in [2.75, 3.05) is 11.9 Å². The number of aliphatic hydroxyl groups excluding tert-OH is 1. The number of rotatable bonds is 4. The molecule has 2 aromatic rings. The first-order valence-electron chi connectivity index (χ1n) is 5.47. The third kappa shape index (κ3) is 3.22. The van der Waals surface area contributed by atoms with Crippen LogP contribution in [0.15, 0.2) is 54.6 Å². The predicted octanol–water partition coefficient (Wildman–Crippen LogP) is 3.49. The number of anilines is 1. The van der Waals surface area contributed by atoms with Gasteiger partial charge in [0.1, 0.15) is 0 Å². The van der Waals surface area contributed by atoms with Crippen LogP contribution in [0.1, 0.15) is 11.6 Å². The van der Waals surface area contributed by atoms with Gasteiger partial charge in [0, 0.05) is 10.7 Å². The van der Waals surface area contributed by atoms with Crippen LogP contribution < -0.4 is 5.32 Å². The number of benzene rings is 2. The van der Waals surface area contributed by atoms with E-state index in [-0.39, 0.29) is 12.6 Å². The summed E-state index contributed by atoms with van der Waals surface area (Å²) in [5, 5.41) is 13.4. The van der Waals surface area contributed by atoms with Gasteiger partial charge in [-0.25, -0.2) is 0 Å². The van der Waals surface area contributed by atoms with E-state index in [4.69, 9.17) is 11.6 Å². The highest BCUT2D eigenvalue weighted by Crippen LogP contribution is 2.20. The number of hydrogen-bond acceptors (Lipinski definition) is 2. The van der Waals surface area contributed by atoms with Gasteiger partial charge in [0.25, 0.3) is 0 Å². The van der Waals surface area contributed by atoms with E-state index in [0.717, 1.165) is 11.3 Å². The Balaban J connectivity index is 2.13. The summed E-state index contributed by atoms with van der Waals surface area (Å²) in [6.45, 7) is 0.0483. The van der Waals surface area contributed by atoms with Crippen LogP contribution in [0.5, 0.6) is 0 Å². The van der Waals surface area contributed by atoms with E-state index in [1.807, 2.05) is 54.6 Å². The van der Waals surface area contributed by atoms with Gasteiger partial charge in [-0.2, -0.15) is 0 Å². The van der Waals surface area contributed by atoms with Crippen molar-refractivity contribution in [3.8, 4) is 0 Å². The van der Waals surface area contributed by atoms with Crippen molar-refractivity contribution >= 4 is 17.3 Å². The average molecular weight is 248 g/mol. The average Bonchev–Trinajstić information content (AvgIpc) is 2.39. The number of aliphatic hydroxyl groups is 1. The molecule has 1 atom stereocenters. The maximum absolute atomic E-state index is 9.41. The Hall–Kier alpha value is -1.51. The first kappa shape index (κ1) is 12.0. The van der Waals surface area contributed by atoms with E-state index in [1.165, 1.54) is 0 Å². The normalized spacial score (nSPS) is 12.1. The lowest BCUT2D eigenvalue weighted by molar-refractivity contribution is 0.276. The van der Waals surface area contributed by atoms with Crippen molar-refractivity contribution in [1.29, 1.82) is 0 Å². The van der Waals surface area contributed by atoms with E-state index < -0.39 is 0 Å². The molecule has 0 heterocycles. The van der Waals surface area contributed by atoms with Crippen LogP contribution in [-0.4, -0.2) is 11.7 Å². The first-order chi connectivity index (χ1) is 8.29. The molecule has 0 saturated heterocycles. The molecule has 1 unspecified atom stereocenters. The van der Waals surface area contributed by atoms with Crippen LogP contribution in [0.25, 0.3) is 0 Å². The molecule has 0 fully saturated rings. The molecule has 0 saturated carbocycles. The van der Waals surface area contributed by atoms with E-state index in [2.05, 4.69) is 5.32 Å². The van der Waals surface area contributed by atoms with Gasteiger partial charge < -0.3 is 10.4 Å². The largest absolute Gasteiger partial charge is 0.394 e. The van der Waals surface area contributed by atoms with E-state index in [0.29, 0.717) is 5.02 Å². The van der Waals surface area contributed by atoms with Gasteiger partial charge in [0.2, 0.25) is 0 Å². The summed E-state index contributed by atoms with van der Waals surface area (Å²) in [5.41, 5.74) is 2.00. The highest BCUT2D eigenvalue weighted by Gasteiger charge is 2.08. The van der Waals surface area contributed by atoms with Gasteiger partial charge in [-0.15, -0.1) is 0 Å². The molecule has 0 radical (unpaired) electrons. The fraction of sp³-hybridized carbons (Fsp3) is 0.143. The molecular formula is C14H14ClNO. The Morgan fingerprint density at radius 2 is 1.65 bits per heavy atom. The molecule has 0 aliphatic carbocycles. The Morgan fingerprint density at radius 3 is 2.24 bits per heavy atom. The molecule has 2 N–H and O–H groups in total. The minimum Gasteiger partial charge on any atom is -0.394 e. The lowest BCUT2D eigenvalue weighted by Crippen LogP contribution is -2.14. The molecule has 0 aliphatic heterocycles. The molecule has 0 amide bonds. The van der Waals surface area contributed by atoms with Crippen LogP contribution in [0.3, 0.4) is 0 Å². The van der Waals surface area contributed by atoms with Crippen LogP contribution in [0.4, 0.5) is 5.69 Å². The second-order valence-electron chi connectivity index (χ2n) is 3.80. The Kier molecular flexibility index (Phi) is 4.02. The second-order valence-corrected chi connectivity index (χ2v) is 4.23. The highest BCUT2D eigenvalue weighted by atomic mass is 35.5. The van der Waals surface area contributed by atoms with Crippen molar-refractivity contribution in [1.82, 2.24) is 0 Å². The third-order valence-corrected chi connectivity index (χ3v) is 2.82. The molecular weight excluding hydrogens is 234 g/mol. The smallest absolute Gasteiger partial charge is 0.0745 e. The zero-order valence-electron chi connectivity index (χ0n) is 9.31. The molecule has 2 aromatic carbocycles. The van der Waals surface area contributed by atoms with Crippen LogP contribution in [-0.2, 0) is 0 Å². The maximum Gasteiger partial charge on any atom is 0.0745 e. The van der Waals surface area contributed by atoms with Crippen LogP contribution >= 0.6 is 11.6 Å². The highest BCUT2D eigenvalue weighted by molar-refractivity contribution is 6.30. The van der Waals surface area contributed by atoms with Crippen molar-refractivity contribution in [2.45, 2.75) is 6.04 Å². The van der Waals surface area contributed by atoms with E-state index in [1.54, 1.807) is 0 Å². The standard InChI is InChI=1S/C14H14ClNO/c15-12-6-8-13(9-7-12)16-14(10-17)11-4-2-1-3-5-11/h1-9,14,16-17H,10H2. The maximum atomic E-state index is 9.41. The van der Waals surface area contributed by atoms with Crippen LogP contribution in [0.2, 0.25) is 5.02 Å². The van der Waals surface area contributed by atoms with Gasteiger partial charge in [0.15, 0.2) is 0 Å². The zero-order valence-corrected chi connectivity index (χ0v) is 10.1. The second kappa shape index (κ2) is 5.71. The van der Waals surface area contributed by atoms with Gasteiger partial charge in [0.05, 0.1) is 12.6 Å². The van der Waals surface area contributed by atoms with Crippen LogP contribution in [0, 0.1) is 0 Å². The topological polar surface area (TPSA) is 32.3 Å². The predicted molar refractivity (Wildman–Crippen MR) is 71.3 cm³/mol. The summed E-state index contributed by atoms with van der Waals surface area (Å²) in [4.78, 5) is 0. The third-order valence-electron chi connectivity index (χ3n) is 2.57. The van der Waals surface area contributed by atoms with Gasteiger partial charge in [-0.3, -0.25) is 0 Å². The molecule has 0 aliphatic rings. The summed E-state index contributed by atoms with van der Waals surface area (Å²) in [6.07, 6.45) is 0. The van der Waals surface area contributed by atoms with E-state index >= 15 is 0 Å². The SMILES string of the molecule is OCC(Nc1ccc(Cl)cc1)c1ccccc1. The Morgan fingerprint density at radius 1 is 1.00 bits per heavy atom. The number of nitrogens with one attached hydrogen (secondary N) is 1. The Labute approximate surface area is 106 Å². The van der Waals surface area contributed by atoms with E-state index in [9.17, 15) is 5.11 Å².